The van der Waals surface area contributed by atoms with E-state index in [0.29, 0.717) is 13.1 Å². The SMILES string of the molecule is Cc1oc2ccccc2c1CN(C)CCC(=O)O. The molecule has 0 atom stereocenters. The molecule has 2 rings (SSSR count). The molecule has 1 heterocycles. The maximum absolute atomic E-state index is 10.5. The number of fused-ring (bicyclic) bond motifs is 1. The van der Waals surface area contributed by atoms with Crippen molar-refractivity contribution in [2.24, 2.45) is 0 Å². The van der Waals surface area contributed by atoms with E-state index in [1.54, 1.807) is 0 Å². The van der Waals surface area contributed by atoms with Crippen molar-refractivity contribution in [3.63, 3.8) is 0 Å². The van der Waals surface area contributed by atoms with E-state index in [1.807, 2.05) is 43.1 Å². The van der Waals surface area contributed by atoms with E-state index in [2.05, 4.69) is 0 Å². The topological polar surface area (TPSA) is 53.7 Å². The quantitative estimate of drug-likeness (QED) is 0.882. The van der Waals surface area contributed by atoms with Crippen LogP contribution in [0.5, 0.6) is 0 Å². The molecule has 0 aliphatic heterocycles. The maximum Gasteiger partial charge on any atom is 0.304 e. The summed E-state index contributed by atoms with van der Waals surface area (Å²) < 4.78 is 5.68. The van der Waals surface area contributed by atoms with Crippen LogP contribution in [0, 0.1) is 6.92 Å². The minimum Gasteiger partial charge on any atom is -0.481 e. The van der Waals surface area contributed by atoms with Crippen LogP contribution < -0.4 is 0 Å². The van der Waals surface area contributed by atoms with E-state index in [0.717, 1.165) is 22.3 Å². The largest absolute Gasteiger partial charge is 0.481 e. The fourth-order valence-corrected chi connectivity index (χ4v) is 2.05. The van der Waals surface area contributed by atoms with Crippen LogP contribution in [0.1, 0.15) is 17.7 Å². The highest BCUT2D eigenvalue weighted by Crippen LogP contribution is 2.26. The van der Waals surface area contributed by atoms with Gasteiger partial charge in [0, 0.05) is 24.0 Å². The van der Waals surface area contributed by atoms with Crippen molar-refractivity contribution >= 4 is 16.9 Å². The average Bonchev–Trinajstić information content (AvgIpc) is 2.64. The zero-order chi connectivity index (χ0) is 13.1. The Bertz CT molecular complexity index is 559. The van der Waals surface area contributed by atoms with Crippen molar-refractivity contribution in [2.45, 2.75) is 19.9 Å². The van der Waals surface area contributed by atoms with Crippen molar-refractivity contribution < 1.29 is 14.3 Å². The van der Waals surface area contributed by atoms with Gasteiger partial charge in [-0.05, 0) is 20.0 Å². The molecule has 1 N–H and O–H groups in total. The molecule has 0 radical (unpaired) electrons. The van der Waals surface area contributed by atoms with Crippen LogP contribution in [0.4, 0.5) is 0 Å². The molecule has 0 aliphatic carbocycles. The Morgan fingerprint density at radius 1 is 1.39 bits per heavy atom. The monoisotopic (exact) mass is 247 g/mol. The number of nitrogens with zero attached hydrogens (tertiary/aromatic N) is 1. The number of furan rings is 1. The summed E-state index contributed by atoms with van der Waals surface area (Å²) in [6.07, 6.45) is 0.158. The third-order valence-corrected chi connectivity index (χ3v) is 3.04. The summed E-state index contributed by atoms with van der Waals surface area (Å²) >= 11 is 0. The summed E-state index contributed by atoms with van der Waals surface area (Å²) in [6.45, 7) is 3.19. The summed E-state index contributed by atoms with van der Waals surface area (Å²) in [5, 5.41) is 9.78. The van der Waals surface area contributed by atoms with Crippen molar-refractivity contribution in [3.05, 3.63) is 35.6 Å². The van der Waals surface area contributed by atoms with Crippen molar-refractivity contribution in [1.29, 1.82) is 0 Å². The number of carboxylic acid groups (broad SMARTS) is 1. The molecule has 0 spiro atoms. The summed E-state index contributed by atoms with van der Waals surface area (Å²) in [6, 6.07) is 7.91. The van der Waals surface area contributed by atoms with E-state index in [9.17, 15) is 4.79 Å². The number of benzene rings is 1. The predicted octanol–water partition coefficient (Wildman–Crippen LogP) is 2.65. The molecule has 0 aliphatic rings. The van der Waals surface area contributed by atoms with Gasteiger partial charge in [0.25, 0.3) is 0 Å². The van der Waals surface area contributed by atoms with E-state index >= 15 is 0 Å². The van der Waals surface area contributed by atoms with Gasteiger partial charge in [-0.1, -0.05) is 18.2 Å². The van der Waals surface area contributed by atoms with Crippen LogP contribution >= 0.6 is 0 Å². The number of hydrogen-bond donors (Lipinski definition) is 1. The summed E-state index contributed by atoms with van der Waals surface area (Å²) in [7, 11) is 1.92. The second-order valence-electron chi connectivity index (χ2n) is 4.51. The number of rotatable bonds is 5. The highest BCUT2D eigenvalue weighted by Gasteiger charge is 2.12. The minimum atomic E-state index is -0.768. The molecule has 0 saturated carbocycles. The van der Waals surface area contributed by atoms with Gasteiger partial charge in [-0.15, -0.1) is 0 Å². The second-order valence-corrected chi connectivity index (χ2v) is 4.51. The number of carboxylic acids is 1. The van der Waals surface area contributed by atoms with Gasteiger partial charge in [-0.3, -0.25) is 4.79 Å². The van der Waals surface area contributed by atoms with Gasteiger partial charge in [0.2, 0.25) is 0 Å². The molecular weight excluding hydrogens is 230 g/mol. The van der Waals surface area contributed by atoms with Gasteiger partial charge >= 0.3 is 5.97 Å². The first-order valence-corrected chi connectivity index (χ1v) is 5.95. The fourth-order valence-electron chi connectivity index (χ4n) is 2.05. The van der Waals surface area contributed by atoms with Crippen molar-refractivity contribution in [3.8, 4) is 0 Å². The van der Waals surface area contributed by atoms with E-state index < -0.39 is 5.97 Å². The molecule has 4 heteroatoms. The minimum absolute atomic E-state index is 0.158. The molecule has 0 saturated heterocycles. The Labute approximate surface area is 106 Å². The smallest absolute Gasteiger partial charge is 0.304 e. The van der Waals surface area contributed by atoms with Crippen molar-refractivity contribution in [2.75, 3.05) is 13.6 Å². The Morgan fingerprint density at radius 3 is 2.83 bits per heavy atom. The zero-order valence-electron chi connectivity index (χ0n) is 10.6. The molecule has 1 aromatic heterocycles. The van der Waals surface area contributed by atoms with Gasteiger partial charge in [0.05, 0.1) is 6.42 Å². The molecule has 1 aromatic carbocycles. The van der Waals surface area contributed by atoms with Crippen LogP contribution in [0.15, 0.2) is 28.7 Å². The number of hydrogen-bond acceptors (Lipinski definition) is 3. The summed E-state index contributed by atoms with van der Waals surface area (Å²) in [4.78, 5) is 12.5. The number of carbonyl (C=O) groups is 1. The van der Waals surface area contributed by atoms with Crippen LogP contribution in [-0.2, 0) is 11.3 Å². The van der Waals surface area contributed by atoms with Crippen LogP contribution in [-0.4, -0.2) is 29.6 Å². The first kappa shape index (κ1) is 12.6. The van der Waals surface area contributed by atoms with Crippen LogP contribution in [0.2, 0.25) is 0 Å². The Morgan fingerprint density at radius 2 is 2.11 bits per heavy atom. The van der Waals surface area contributed by atoms with Gasteiger partial charge < -0.3 is 14.4 Å². The lowest BCUT2D eigenvalue weighted by Crippen LogP contribution is -2.21. The molecule has 0 fully saturated rings. The van der Waals surface area contributed by atoms with E-state index in [4.69, 9.17) is 9.52 Å². The molecule has 96 valence electrons. The summed E-state index contributed by atoms with van der Waals surface area (Å²) in [5.41, 5.74) is 2.02. The molecule has 0 amide bonds. The fraction of sp³-hybridized carbons (Fsp3) is 0.357. The maximum atomic E-state index is 10.5. The normalized spacial score (nSPS) is 11.3. The summed E-state index contributed by atoms with van der Waals surface area (Å²) in [5.74, 6) is 0.133. The lowest BCUT2D eigenvalue weighted by Gasteiger charge is -2.15. The highest BCUT2D eigenvalue weighted by molar-refractivity contribution is 5.82. The van der Waals surface area contributed by atoms with Gasteiger partial charge in [0.1, 0.15) is 11.3 Å². The first-order valence-electron chi connectivity index (χ1n) is 5.95. The third-order valence-electron chi connectivity index (χ3n) is 3.04. The van der Waals surface area contributed by atoms with Gasteiger partial charge in [-0.25, -0.2) is 0 Å². The van der Waals surface area contributed by atoms with E-state index in [1.165, 1.54) is 0 Å². The van der Waals surface area contributed by atoms with E-state index in [-0.39, 0.29) is 6.42 Å². The second kappa shape index (κ2) is 5.23. The molecular formula is C14H17NO3. The number of aliphatic carboxylic acids is 1. The van der Waals surface area contributed by atoms with Gasteiger partial charge in [-0.2, -0.15) is 0 Å². The molecule has 0 bridgehead atoms. The Kier molecular flexibility index (Phi) is 3.67. The standard InChI is InChI=1S/C14H17NO3/c1-10-12(9-15(2)8-7-14(16)17)11-5-3-4-6-13(11)18-10/h3-6H,7-9H2,1-2H3,(H,16,17). The van der Waals surface area contributed by atoms with Gasteiger partial charge in [0.15, 0.2) is 0 Å². The lowest BCUT2D eigenvalue weighted by molar-refractivity contribution is -0.137. The lowest BCUT2D eigenvalue weighted by atomic mass is 10.1. The van der Waals surface area contributed by atoms with Crippen molar-refractivity contribution in [1.82, 2.24) is 4.90 Å². The Hall–Kier alpha value is -1.81. The number of para-hydroxylation sites is 1. The van der Waals surface area contributed by atoms with Crippen LogP contribution in [0.3, 0.4) is 0 Å². The molecule has 2 aromatic rings. The molecule has 18 heavy (non-hydrogen) atoms. The Balaban J connectivity index is 2.15. The zero-order valence-corrected chi connectivity index (χ0v) is 10.6. The number of aryl methyl sites for hydroxylation is 1. The van der Waals surface area contributed by atoms with Crippen LogP contribution in [0.25, 0.3) is 11.0 Å². The average molecular weight is 247 g/mol. The predicted molar refractivity (Wildman–Crippen MR) is 69.5 cm³/mol. The first-order chi connectivity index (χ1) is 8.58. The highest BCUT2D eigenvalue weighted by atomic mass is 16.4. The molecule has 0 unspecified atom stereocenters. The molecule has 4 nitrogen and oxygen atoms in total. The third kappa shape index (κ3) is 2.71.